The van der Waals surface area contributed by atoms with Gasteiger partial charge in [-0.05, 0) is 37.6 Å². The van der Waals surface area contributed by atoms with E-state index in [-0.39, 0.29) is 36.0 Å². The van der Waals surface area contributed by atoms with E-state index in [1.807, 2.05) is 0 Å². The number of aryl methyl sites for hydroxylation is 1. The lowest BCUT2D eigenvalue weighted by molar-refractivity contribution is -0.142. The molecule has 0 saturated heterocycles. The lowest BCUT2D eigenvalue weighted by atomic mass is 10.1. The van der Waals surface area contributed by atoms with Crippen LogP contribution in [0, 0.1) is 6.92 Å². The fourth-order valence-electron chi connectivity index (χ4n) is 2.83. The van der Waals surface area contributed by atoms with E-state index in [0.717, 1.165) is 4.31 Å². The zero-order valence-corrected chi connectivity index (χ0v) is 18.4. The average Bonchev–Trinajstić information content (AvgIpc) is 3.14. The summed E-state index contributed by atoms with van der Waals surface area (Å²) in [5.41, 5.74) is 0.935. The van der Waals surface area contributed by atoms with Gasteiger partial charge >= 0.3 is 11.9 Å². The van der Waals surface area contributed by atoms with E-state index in [4.69, 9.17) is 18.6 Å². The molecule has 1 aromatic carbocycles. The molecule has 0 spiro atoms. The Kier molecular flexibility index (Phi) is 7.63. The van der Waals surface area contributed by atoms with Gasteiger partial charge in [-0.3, -0.25) is 4.79 Å². The second-order valence-electron chi connectivity index (χ2n) is 6.50. The van der Waals surface area contributed by atoms with E-state index in [9.17, 15) is 18.0 Å². The van der Waals surface area contributed by atoms with E-state index in [1.54, 1.807) is 19.9 Å². The van der Waals surface area contributed by atoms with Crippen LogP contribution in [-0.2, 0) is 37.4 Å². The van der Waals surface area contributed by atoms with Gasteiger partial charge in [0.2, 0.25) is 10.0 Å². The fraction of sp³-hybridized carbons (Fsp3) is 0.400. The van der Waals surface area contributed by atoms with Crippen molar-refractivity contribution in [2.45, 2.75) is 38.8 Å². The van der Waals surface area contributed by atoms with Crippen molar-refractivity contribution in [2.24, 2.45) is 0 Å². The molecule has 0 aliphatic rings. The Morgan fingerprint density at radius 2 is 1.87 bits per heavy atom. The molecule has 0 N–H and O–H groups in total. The summed E-state index contributed by atoms with van der Waals surface area (Å²) in [7, 11) is -1.13. The summed E-state index contributed by atoms with van der Waals surface area (Å²) in [5, 5.41) is 0. The van der Waals surface area contributed by atoms with Gasteiger partial charge in [-0.1, -0.05) is 0 Å². The maximum absolute atomic E-state index is 13.3. The number of sulfonamides is 1. The van der Waals surface area contributed by atoms with Crippen LogP contribution in [0.25, 0.3) is 0 Å². The average molecular weight is 439 g/mol. The van der Waals surface area contributed by atoms with Crippen LogP contribution in [-0.4, -0.2) is 45.4 Å². The summed E-state index contributed by atoms with van der Waals surface area (Å²) in [6.07, 6.45) is 1.22. The van der Waals surface area contributed by atoms with Gasteiger partial charge in [0.1, 0.15) is 24.4 Å². The van der Waals surface area contributed by atoms with Crippen molar-refractivity contribution in [3.63, 3.8) is 0 Å². The van der Waals surface area contributed by atoms with Crippen molar-refractivity contribution in [3.05, 3.63) is 46.9 Å². The van der Waals surface area contributed by atoms with Gasteiger partial charge in [-0.25, -0.2) is 13.2 Å². The number of carbonyl (C=O) groups is 2. The summed E-state index contributed by atoms with van der Waals surface area (Å²) in [5.74, 6) is -0.361. The second-order valence-corrected chi connectivity index (χ2v) is 8.48. The highest BCUT2D eigenvalue weighted by molar-refractivity contribution is 7.89. The molecule has 30 heavy (non-hydrogen) atoms. The van der Waals surface area contributed by atoms with Crippen LogP contribution >= 0.6 is 0 Å². The number of esters is 2. The number of hydrogen-bond acceptors (Lipinski definition) is 8. The summed E-state index contributed by atoms with van der Waals surface area (Å²) in [6.45, 7) is 4.45. The Morgan fingerprint density at radius 1 is 1.17 bits per heavy atom. The molecule has 1 heterocycles. The summed E-state index contributed by atoms with van der Waals surface area (Å²) < 4.78 is 48.1. The largest absolute Gasteiger partial charge is 0.497 e. The van der Waals surface area contributed by atoms with E-state index >= 15 is 0 Å². The zero-order valence-electron chi connectivity index (χ0n) is 17.6. The molecule has 1 aromatic heterocycles. The van der Waals surface area contributed by atoms with Crippen molar-refractivity contribution in [2.75, 3.05) is 20.8 Å². The van der Waals surface area contributed by atoms with E-state index in [0.29, 0.717) is 16.9 Å². The number of furan rings is 1. The number of rotatable bonds is 9. The van der Waals surface area contributed by atoms with Gasteiger partial charge in [0.15, 0.2) is 0 Å². The van der Waals surface area contributed by atoms with Crippen LogP contribution in [0.4, 0.5) is 0 Å². The molecule has 0 unspecified atom stereocenters. The van der Waals surface area contributed by atoms with Crippen molar-refractivity contribution in [1.29, 1.82) is 0 Å². The smallest absolute Gasteiger partial charge is 0.341 e. The Morgan fingerprint density at radius 3 is 2.47 bits per heavy atom. The highest BCUT2D eigenvalue weighted by Crippen LogP contribution is 2.30. The van der Waals surface area contributed by atoms with Gasteiger partial charge < -0.3 is 18.6 Å². The van der Waals surface area contributed by atoms with E-state index < -0.39 is 22.0 Å². The molecule has 2 rings (SSSR count). The molecular formula is C20H25NO8S. The van der Waals surface area contributed by atoms with Crippen LogP contribution in [0.5, 0.6) is 5.75 Å². The number of methoxy groups -OCH3 is 1. The number of hydrogen-bond donors (Lipinski definition) is 0. The molecule has 0 aliphatic heterocycles. The molecule has 164 valence electrons. The fourth-order valence-corrected chi connectivity index (χ4v) is 4.35. The predicted molar refractivity (Wildman–Crippen MR) is 107 cm³/mol. The van der Waals surface area contributed by atoms with Gasteiger partial charge in [-0.15, -0.1) is 0 Å². The number of carbonyl (C=O) groups excluding carboxylic acids is 2. The Balaban J connectivity index is 2.35. The SMILES string of the molecule is CCOC(=O)c1coc(CN(C)S(=O)(=O)c2c(C)cc(OC)cc2COC(C)=O)c1. The second kappa shape index (κ2) is 9.77. The predicted octanol–water partition coefficient (Wildman–Crippen LogP) is 2.66. The molecule has 9 nitrogen and oxygen atoms in total. The van der Waals surface area contributed by atoms with Crippen LogP contribution < -0.4 is 4.74 Å². The van der Waals surface area contributed by atoms with Gasteiger partial charge in [0, 0.05) is 19.5 Å². The number of nitrogens with zero attached hydrogens (tertiary/aromatic N) is 1. The summed E-state index contributed by atoms with van der Waals surface area (Å²) >= 11 is 0. The van der Waals surface area contributed by atoms with Crippen LogP contribution in [0.15, 0.2) is 33.8 Å². The number of benzene rings is 1. The molecule has 0 amide bonds. The normalized spacial score (nSPS) is 11.4. The van der Waals surface area contributed by atoms with Crippen molar-refractivity contribution < 1.29 is 36.6 Å². The third kappa shape index (κ3) is 5.39. The molecule has 2 aromatic rings. The molecule has 0 atom stereocenters. The monoisotopic (exact) mass is 439 g/mol. The minimum Gasteiger partial charge on any atom is -0.497 e. The quantitative estimate of drug-likeness (QED) is 0.548. The number of ether oxygens (including phenoxy) is 3. The van der Waals surface area contributed by atoms with E-state index in [2.05, 4.69) is 0 Å². The highest BCUT2D eigenvalue weighted by atomic mass is 32.2. The van der Waals surface area contributed by atoms with Crippen molar-refractivity contribution >= 4 is 22.0 Å². The first-order valence-electron chi connectivity index (χ1n) is 9.11. The van der Waals surface area contributed by atoms with Gasteiger partial charge in [0.25, 0.3) is 0 Å². The minimum atomic E-state index is -3.98. The molecule has 0 aliphatic carbocycles. The molecule has 10 heteroatoms. The topological polar surface area (TPSA) is 112 Å². The molecule has 0 radical (unpaired) electrons. The summed E-state index contributed by atoms with van der Waals surface area (Å²) in [4.78, 5) is 23.0. The standard InChI is InChI=1S/C20H25NO8S/c1-6-27-20(23)16-9-18(29-12-16)10-21(4)30(24,25)19-13(2)7-17(26-5)8-15(19)11-28-14(3)22/h7-9,12H,6,10-11H2,1-5H3. The molecule has 0 bridgehead atoms. The van der Waals surface area contributed by atoms with E-state index in [1.165, 1.54) is 39.5 Å². The molecule has 0 fully saturated rings. The van der Waals surface area contributed by atoms with Gasteiger partial charge in [-0.2, -0.15) is 4.31 Å². The maximum atomic E-state index is 13.3. The highest BCUT2D eigenvalue weighted by Gasteiger charge is 2.28. The first kappa shape index (κ1) is 23.4. The third-order valence-electron chi connectivity index (χ3n) is 4.20. The van der Waals surface area contributed by atoms with Crippen molar-refractivity contribution in [1.82, 2.24) is 4.31 Å². The minimum absolute atomic E-state index is 0.0178. The van der Waals surface area contributed by atoms with Crippen molar-refractivity contribution in [3.8, 4) is 5.75 Å². The molecule has 0 saturated carbocycles. The third-order valence-corrected chi connectivity index (χ3v) is 6.25. The van der Waals surface area contributed by atoms with Crippen LogP contribution in [0.3, 0.4) is 0 Å². The van der Waals surface area contributed by atoms with Crippen LogP contribution in [0.2, 0.25) is 0 Å². The first-order chi connectivity index (χ1) is 14.1. The molecular weight excluding hydrogens is 414 g/mol. The van der Waals surface area contributed by atoms with Crippen LogP contribution in [0.1, 0.15) is 41.1 Å². The Labute approximate surface area is 175 Å². The zero-order chi connectivity index (χ0) is 22.5. The lowest BCUT2D eigenvalue weighted by Gasteiger charge is -2.21. The summed E-state index contributed by atoms with van der Waals surface area (Å²) in [6, 6.07) is 4.54. The van der Waals surface area contributed by atoms with Gasteiger partial charge in [0.05, 0.1) is 30.7 Å². The first-order valence-corrected chi connectivity index (χ1v) is 10.6. The lowest BCUT2D eigenvalue weighted by Crippen LogP contribution is -2.28. The maximum Gasteiger partial charge on any atom is 0.341 e. The Bertz CT molecular complexity index is 1030. The Hall–Kier alpha value is -2.85.